The van der Waals surface area contributed by atoms with Gasteiger partial charge in [0.25, 0.3) is 5.91 Å². The molecule has 5 heteroatoms. The third-order valence-electron chi connectivity index (χ3n) is 3.16. The lowest BCUT2D eigenvalue weighted by Gasteiger charge is -2.22. The summed E-state index contributed by atoms with van der Waals surface area (Å²) in [5, 5.41) is 3.22. The van der Waals surface area contributed by atoms with E-state index in [1.165, 1.54) is 0 Å². The van der Waals surface area contributed by atoms with Gasteiger partial charge in [-0.2, -0.15) is 0 Å². The van der Waals surface area contributed by atoms with Gasteiger partial charge in [0.1, 0.15) is 5.75 Å². The van der Waals surface area contributed by atoms with Crippen LogP contribution in [0.15, 0.2) is 24.3 Å². The number of hydrogen-bond donors (Lipinski definition) is 1. The smallest absolute Gasteiger partial charge is 0.261 e. The monoisotopic (exact) mass is 308 g/mol. The Morgan fingerprint density at radius 3 is 2.52 bits per heavy atom. The van der Waals surface area contributed by atoms with Crippen LogP contribution in [0.2, 0.25) is 0 Å². The van der Waals surface area contributed by atoms with Crippen molar-refractivity contribution in [2.24, 2.45) is 0 Å². The molecule has 0 aromatic heterocycles. The van der Waals surface area contributed by atoms with Crippen LogP contribution in [0.5, 0.6) is 5.75 Å². The van der Waals surface area contributed by atoms with Gasteiger partial charge in [0.15, 0.2) is 5.11 Å². The Labute approximate surface area is 132 Å². The molecule has 0 saturated heterocycles. The summed E-state index contributed by atoms with van der Waals surface area (Å²) >= 11 is 5.25. The largest absolute Gasteiger partial charge is 0.493 e. The molecule has 0 bridgehead atoms. The number of para-hydroxylation sites is 1. The van der Waals surface area contributed by atoms with Gasteiger partial charge in [0.05, 0.1) is 12.2 Å². The van der Waals surface area contributed by atoms with E-state index < -0.39 is 0 Å². The Bertz CT molecular complexity index is 473. The number of ether oxygens (including phenoxy) is 1. The molecule has 0 aliphatic heterocycles. The maximum absolute atomic E-state index is 12.3. The molecule has 0 radical (unpaired) electrons. The molecule has 4 nitrogen and oxygen atoms in total. The van der Waals surface area contributed by atoms with Crippen LogP contribution in [0.3, 0.4) is 0 Å². The second kappa shape index (κ2) is 9.34. The van der Waals surface area contributed by atoms with Crippen LogP contribution in [0, 0.1) is 0 Å². The average Bonchev–Trinajstić information content (AvgIpc) is 2.49. The Morgan fingerprint density at radius 1 is 1.24 bits per heavy atom. The predicted octanol–water partition coefficient (Wildman–Crippen LogP) is 3.22. The van der Waals surface area contributed by atoms with Crippen molar-refractivity contribution < 1.29 is 9.53 Å². The molecule has 0 unspecified atom stereocenters. The molecule has 0 fully saturated rings. The van der Waals surface area contributed by atoms with Crippen LogP contribution in [-0.2, 0) is 0 Å². The number of amides is 1. The lowest BCUT2D eigenvalue weighted by molar-refractivity contribution is 0.0969. The van der Waals surface area contributed by atoms with E-state index in [1.54, 1.807) is 6.07 Å². The predicted molar refractivity (Wildman–Crippen MR) is 89.8 cm³/mol. The summed E-state index contributed by atoms with van der Waals surface area (Å²) in [5.74, 6) is 0.379. The van der Waals surface area contributed by atoms with E-state index in [1.807, 2.05) is 36.9 Å². The Kier molecular flexibility index (Phi) is 7.75. The van der Waals surface area contributed by atoms with Crippen LogP contribution in [0.1, 0.15) is 44.0 Å². The zero-order valence-corrected chi connectivity index (χ0v) is 13.8. The molecule has 0 aliphatic carbocycles. The van der Waals surface area contributed by atoms with E-state index in [9.17, 15) is 4.79 Å². The molecular formula is C16H24N2O2S. The van der Waals surface area contributed by atoms with Crippen LogP contribution < -0.4 is 10.1 Å². The Morgan fingerprint density at radius 2 is 1.90 bits per heavy atom. The highest BCUT2D eigenvalue weighted by molar-refractivity contribution is 7.80. The minimum atomic E-state index is -0.223. The van der Waals surface area contributed by atoms with Crippen molar-refractivity contribution in [3.63, 3.8) is 0 Å². The molecule has 0 saturated carbocycles. The van der Waals surface area contributed by atoms with E-state index in [0.29, 0.717) is 23.0 Å². The third-order valence-corrected chi connectivity index (χ3v) is 3.52. The summed E-state index contributed by atoms with van der Waals surface area (Å²) in [6, 6.07) is 7.25. The molecule has 0 atom stereocenters. The Balaban J connectivity index is 2.75. The molecule has 1 aromatic carbocycles. The number of nitrogens with one attached hydrogen (secondary N) is 1. The van der Waals surface area contributed by atoms with Gasteiger partial charge in [-0.15, -0.1) is 0 Å². The molecule has 1 aromatic rings. The quantitative estimate of drug-likeness (QED) is 0.620. The molecule has 0 aliphatic rings. The fourth-order valence-electron chi connectivity index (χ4n) is 1.86. The first-order chi connectivity index (χ1) is 10.1. The number of benzene rings is 1. The number of unbranched alkanes of at least 4 members (excludes halogenated alkanes) is 1. The molecular weight excluding hydrogens is 284 g/mol. The van der Waals surface area contributed by atoms with Crippen LogP contribution in [0.4, 0.5) is 0 Å². The molecule has 21 heavy (non-hydrogen) atoms. The van der Waals surface area contributed by atoms with Crippen LogP contribution in [-0.4, -0.2) is 35.6 Å². The maximum Gasteiger partial charge on any atom is 0.261 e. The third kappa shape index (κ3) is 5.34. The van der Waals surface area contributed by atoms with Gasteiger partial charge in [-0.1, -0.05) is 25.5 Å². The average molecular weight is 308 g/mol. The topological polar surface area (TPSA) is 41.6 Å². The van der Waals surface area contributed by atoms with E-state index in [-0.39, 0.29) is 5.91 Å². The fraction of sp³-hybridized carbons (Fsp3) is 0.500. The van der Waals surface area contributed by atoms with Crippen LogP contribution >= 0.6 is 12.2 Å². The minimum Gasteiger partial charge on any atom is -0.493 e. The Hall–Kier alpha value is -1.62. The van der Waals surface area contributed by atoms with Gasteiger partial charge in [-0.25, -0.2) is 0 Å². The van der Waals surface area contributed by atoms with Crippen molar-refractivity contribution in [2.45, 2.75) is 33.6 Å². The minimum absolute atomic E-state index is 0.223. The number of thiocarbonyl (C=S) groups is 1. The highest BCUT2D eigenvalue weighted by Crippen LogP contribution is 2.18. The van der Waals surface area contributed by atoms with Crippen molar-refractivity contribution in [3.05, 3.63) is 29.8 Å². The van der Waals surface area contributed by atoms with Gasteiger partial charge < -0.3 is 9.64 Å². The number of hydrogen-bond acceptors (Lipinski definition) is 3. The van der Waals surface area contributed by atoms with Crippen molar-refractivity contribution in [2.75, 3.05) is 19.7 Å². The maximum atomic E-state index is 12.3. The molecule has 1 rings (SSSR count). The SMILES string of the molecule is CCCCOc1ccccc1C(=O)NC(=S)N(CC)CC. The number of nitrogens with zero attached hydrogens (tertiary/aromatic N) is 1. The number of carbonyl (C=O) groups excluding carboxylic acids is 1. The van der Waals surface area contributed by atoms with Crippen LogP contribution in [0.25, 0.3) is 0 Å². The summed E-state index contributed by atoms with van der Waals surface area (Å²) in [6.45, 7) is 8.26. The van der Waals surface area contributed by atoms with Crippen molar-refractivity contribution >= 4 is 23.2 Å². The summed E-state index contributed by atoms with van der Waals surface area (Å²) in [5.41, 5.74) is 0.517. The second-order valence-electron chi connectivity index (χ2n) is 4.63. The highest BCUT2D eigenvalue weighted by Gasteiger charge is 2.15. The van der Waals surface area contributed by atoms with Gasteiger partial charge in [-0.05, 0) is 44.6 Å². The fourth-order valence-corrected chi connectivity index (χ4v) is 2.21. The summed E-state index contributed by atoms with van der Waals surface area (Å²) in [4.78, 5) is 14.3. The first kappa shape index (κ1) is 17.4. The molecule has 1 amide bonds. The summed E-state index contributed by atoms with van der Waals surface area (Å²) in [7, 11) is 0. The summed E-state index contributed by atoms with van der Waals surface area (Å²) in [6.07, 6.45) is 2.02. The first-order valence-electron chi connectivity index (χ1n) is 7.46. The van der Waals surface area contributed by atoms with Crippen molar-refractivity contribution in [3.8, 4) is 5.75 Å². The van der Waals surface area contributed by atoms with E-state index >= 15 is 0 Å². The van der Waals surface area contributed by atoms with E-state index in [4.69, 9.17) is 17.0 Å². The van der Waals surface area contributed by atoms with Gasteiger partial charge in [-0.3, -0.25) is 10.1 Å². The molecule has 116 valence electrons. The second-order valence-corrected chi connectivity index (χ2v) is 5.02. The lowest BCUT2D eigenvalue weighted by Crippen LogP contribution is -2.42. The normalized spacial score (nSPS) is 10.0. The van der Waals surface area contributed by atoms with E-state index in [0.717, 1.165) is 25.9 Å². The van der Waals surface area contributed by atoms with Gasteiger partial charge >= 0.3 is 0 Å². The number of carbonyl (C=O) groups is 1. The summed E-state index contributed by atoms with van der Waals surface area (Å²) < 4.78 is 5.68. The van der Waals surface area contributed by atoms with Gasteiger partial charge in [0.2, 0.25) is 0 Å². The van der Waals surface area contributed by atoms with Crippen molar-refractivity contribution in [1.29, 1.82) is 0 Å². The molecule has 0 spiro atoms. The van der Waals surface area contributed by atoms with E-state index in [2.05, 4.69) is 12.2 Å². The van der Waals surface area contributed by atoms with Gasteiger partial charge in [0, 0.05) is 13.1 Å². The molecule has 1 N–H and O–H groups in total. The first-order valence-corrected chi connectivity index (χ1v) is 7.86. The highest BCUT2D eigenvalue weighted by atomic mass is 32.1. The lowest BCUT2D eigenvalue weighted by atomic mass is 10.2. The zero-order chi connectivity index (χ0) is 15.7. The molecule has 0 heterocycles. The van der Waals surface area contributed by atoms with Crippen molar-refractivity contribution in [1.82, 2.24) is 10.2 Å². The number of rotatable bonds is 7. The standard InChI is InChI=1S/C16H24N2O2S/c1-4-7-12-20-14-11-9-8-10-13(14)15(19)17-16(21)18(5-2)6-3/h8-11H,4-7,12H2,1-3H3,(H,17,19,21). The zero-order valence-electron chi connectivity index (χ0n) is 13.0.